The van der Waals surface area contributed by atoms with Gasteiger partial charge in [-0.25, -0.2) is 4.68 Å². The molecule has 1 aliphatic carbocycles. The number of hydrogen-bond acceptors (Lipinski definition) is 4. The van der Waals surface area contributed by atoms with Crippen LogP contribution in [0.1, 0.15) is 69.6 Å². The molecule has 0 bridgehead atoms. The van der Waals surface area contributed by atoms with E-state index in [1.165, 1.54) is 69.0 Å². The van der Waals surface area contributed by atoms with E-state index in [4.69, 9.17) is 9.47 Å². The number of aromatic nitrogens is 2. The summed E-state index contributed by atoms with van der Waals surface area (Å²) in [5.41, 5.74) is 2.37. The Bertz CT molecular complexity index is 798. The molecule has 152 valence electrons. The molecule has 0 spiro atoms. The second kappa shape index (κ2) is 8.03. The van der Waals surface area contributed by atoms with Gasteiger partial charge in [0.15, 0.2) is 6.23 Å². The van der Waals surface area contributed by atoms with Gasteiger partial charge in [0.25, 0.3) is 0 Å². The van der Waals surface area contributed by atoms with Crippen LogP contribution in [0.5, 0.6) is 5.75 Å². The number of aryl methyl sites for hydroxylation is 1. The van der Waals surface area contributed by atoms with Gasteiger partial charge in [0.1, 0.15) is 5.75 Å². The maximum absolute atomic E-state index is 6.47. The van der Waals surface area contributed by atoms with Crippen molar-refractivity contribution in [2.24, 2.45) is 0 Å². The topological polar surface area (TPSA) is 39.5 Å². The number of likely N-dealkylation sites (tertiary alicyclic amines) is 1. The van der Waals surface area contributed by atoms with Crippen molar-refractivity contribution in [2.75, 3.05) is 19.7 Å². The highest BCUT2D eigenvalue weighted by molar-refractivity contribution is 5.84. The van der Waals surface area contributed by atoms with Crippen molar-refractivity contribution in [2.45, 2.75) is 83.1 Å². The molecule has 5 heteroatoms. The van der Waals surface area contributed by atoms with Crippen molar-refractivity contribution in [3.8, 4) is 5.75 Å². The molecule has 0 N–H and O–H groups in total. The third-order valence-corrected chi connectivity index (χ3v) is 7.02. The third-order valence-electron chi connectivity index (χ3n) is 7.02. The van der Waals surface area contributed by atoms with E-state index in [2.05, 4.69) is 33.7 Å². The molecule has 3 fully saturated rings. The maximum atomic E-state index is 6.47. The first-order valence-electron chi connectivity index (χ1n) is 11.3. The Balaban J connectivity index is 1.27. The lowest BCUT2D eigenvalue weighted by Gasteiger charge is -2.34. The Morgan fingerprint density at radius 2 is 1.82 bits per heavy atom. The highest BCUT2D eigenvalue weighted by Crippen LogP contribution is 2.34. The number of nitrogens with zero attached hydrogens (tertiary/aromatic N) is 3. The summed E-state index contributed by atoms with van der Waals surface area (Å²) in [6, 6.07) is 5.10. The SMILES string of the molecule is Cc1c(O[C@H]2CC[C@H](N3CCCC3)CC2)ccc2c1cnn2C1CCCCO1. The molecule has 0 amide bonds. The van der Waals surface area contributed by atoms with Gasteiger partial charge in [0.05, 0.1) is 17.8 Å². The van der Waals surface area contributed by atoms with Crippen LogP contribution in [0, 0.1) is 6.92 Å². The predicted octanol–water partition coefficient (Wildman–Crippen LogP) is 4.83. The van der Waals surface area contributed by atoms with Crippen molar-refractivity contribution in [1.82, 2.24) is 14.7 Å². The van der Waals surface area contributed by atoms with Gasteiger partial charge in [-0.2, -0.15) is 5.10 Å². The first kappa shape index (κ1) is 18.4. The molecule has 2 aliphatic heterocycles. The number of rotatable bonds is 4. The van der Waals surface area contributed by atoms with Crippen LogP contribution in [0.15, 0.2) is 18.3 Å². The van der Waals surface area contributed by atoms with Crippen LogP contribution >= 0.6 is 0 Å². The molecule has 1 saturated carbocycles. The zero-order valence-electron chi connectivity index (χ0n) is 17.1. The molecule has 5 nitrogen and oxygen atoms in total. The Labute approximate surface area is 168 Å². The lowest BCUT2D eigenvalue weighted by atomic mass is 9.92. The van der Waals surface area contributed by atoms with Gasteiger partial charge in [-0.1, -0.05) is 0 Å². The first-order chi connectivity index (χ1) is 13.8. The summed E-state index contributed by atoms with van der Waals surface area (Å²) < 4.78 is 14.5. The zero-order chi connectivity index (χ0) is 18.9. The van der Waals surface area contributed by atoms with Crippen LogP contribution in [0.3, 0.4) is 0 Å². The smallest absolute Gasteiger partial charge is 0.150 e. The van der Waals surface area contributed by atoms with E-state index < -0.39 is 0 Å². The standard InChI is InChI=1S/C23H33N3O2/c1-17-20-16-24-26(23-6-2-5-15-27-23)21(20)11-12-22(17)28-19-9-7-18(8-10-19)25-13-3-4-14-25/h11-12,16,18-19,23H,2-10,13-15H2,1H3/t18-,19-,23?. The average Bonchev–Trinajstić information content (AvgIpc) is 3.42. The number of ether oxygens (including phenoxy) is 2. The predicted molar refractivity (Wildman–Crippen MR) is 111 cm³/mol. The summed E-state index contributed by atoms with van der Waals surface area (Å²) in [4.78, 5) is 2.70. The van der Waals surface area contributed by atoms with Crippen molar-refractivity contribution in [1.29, 1.82) is 0 Å². The normalized spacial score (nSPS) is 29.4. The van der Waals surface area contributed by atoms with Crippen LogP contribution < -0.4 is 4.74 Å². The minimum Gasteiger partial charge on any atom is -0.490 e. The summed E-state index contributed by atoms with van der Waals surface area (Å²) in [6.07, 6.45) is 13.5. The van der Waals surface area contributed by atoms with Crippen LogP contribution in [-0.4, -0.2) is 46.5 Å². The lowest BCUT2D eigenvalue weighted by Crippen LogP contribution is -2.38. The van der Waals surface area contributed by atoms with Crippen LogP contribution in [-0.2, 0) is 4.74 Å². The first-order valence-corrected chi connectivity index (χ1v) is 11.3. The fourth-order valence-electron chi connectivity index (χ4n) is 5.33. The minimum atomic E-state index is 0.0817. The third kappa shape index (κ3) is 3.55. The van der Waals surface area contributed by atoms with Crippen molar-refractivity contribution >= 4 is 10.9 Å². The van der Waals surface area contributed by atoms with Crippen molar-refractivity contribution in [3.63, 3.8) is 0 Å². The molecule has 3 aliphatic rings. The quantitative estimate of drug-likeness (QED) is 0.758. The average molecular weight is 384 g/mol. The summed E-state index contributed by atoms with van der Waals surface area (Å²) in [7, 11) is 0. The summed E-state index contributed by atoms with van der Waals surface area (Å²) in [6.45, 7) is 5.62. The number of benzene rings is 1. The minimum absolute atomic E-state index is 0.0817. The monoisotopic (exact) mass is 383 g/mol. The molecule has 3 heterocycles. The van der Waals surface area contributed by atoms with Crippen molar-refractivity contribution in [3.05, 3.63) is 23.9 Å². The summed E-state index contributed by atoms with van der Waals surface area (Å²) >= 11 is 0. The van der Waals surface area contributed by atoms with E-state index in [-0.39, 0.29) is 6.23 Å². The largest absolute Gasteiger partial charge is 0.490 e. The molecule has 28 heavy (non-hydrogen) atoms. The molecule has 5 rings (SSSR count). The second-order valence-electron chi connectivity index (χ2n) is 8.82. The van der Waals surface area contributed by atoms with Crippen LogP contribution in [0.4, 0.5) is 0 Å². The summed E-state index contributed by atoms with van der Waals surface area (Å²) in [5.74, 6) is 1.03. The Kier molecular flexibility index (Phi) is 5.29. The molecule has 1 unspecified atom stereocenters. The highest BCUT2D eigenvalue weighted by atomic mass is 16.5. The van der Waals surface area contributed by atoms with Crippen LogP contribution in [0.25, 0.3) is 10.9 Å². The van der Waals surface area contributed by atoms with E-state index in [1.54, 1.807) is 0 Å². The van der Waals surface area contributed by atoms with Gasteiger partial charge in [-0.3, -0.25) is 0 Å². The zero-order valence-corrected chi connectivity index (χ0v) is 17.1. The molecule has 2 saturated heterocycles. The highest BCUT2D eigenvalue weighted by Gasteiger charge is 2.28. The van der Waals surface area contributed by atoms with E-state index in [9.17, 15) is 0 Å². The van der Waals surface area contributed by atoms with Gasteiger partial charge < -0.3 is 14.4 Å². The van der Waals surface area contributed by atoms with E-state index in [1.807, 2.05) is 6.20 Å². The van der Waals surface area contributed by atoms with Gasteiger partial charge in [-0.15, -0.1) is 0 Å². The van der Waals surface area contributed by atoms with Gasteiger partial charge in [-0.05, 0) is 89.9 Å². The van der Waals surface area contributed by atoms with E-state index >= 15 is 0 Å². The molecule has 1 aromatic carbocycles. The number of hydrogen-bond donors (Lipinski definition) is 0. The molecule has 1 atom stereocenters. The Morgan fingerprint density at radius 1 is 1.00 bits per heavy atom. The fourth-order valence-corrected chi connectivity index (χ4v) is 5.33. The Hall–Kier alpha value is -1.59. The molecule has 2 aromatic rings. The van der Waals surface area contributed by atoms with Gasteiger partial charge in [0, 0.05) is 23.6 Å². The molecule has 0 radical (unpaired) electrons. The van der Waals surface area contributed by atoms with Crippen molar-refractivity contribution < 1.29 is 9.47 Å². The second-order valence-corrected chi connectivity index (χ2v) is 8.82. The molecule has 1 aromatic heterocycles. The van der Waals surface area contributed by atoms with Crippen LogP contribution in [0.2, 0.25) is 0 Å². The number of fused-ring (bicyclic) bond motifs is 1. The lowest BCUT2D eigenvalue weighted by molar-refractivity contribution is -0.0366. The molecular weight excluding hydrogens is 350 g/mol. The maximum Gasteiger partial charge on any atom is 0.150 e. The van der Waals surface area contributed by atoms with E-state index in [0.29, 0.717) is 6.10 Å². The Morgan fingerprint density at radius 3 is 2.57 bits per heavy atom. The molecular formula is C23H33N3O2. The fraction of sp³-hybridized carbons (Fsp3) is 0.696. The van der Waals surface area contributed by atoms with Gasteiger partial charge >= 0.3 is 0 Å². The van der Waals surface area contributed by atoms with Gasteiger partial charge in [0.2, 0.25) is 0 Å². The van der Waals surface area contributed by atoms with E-state index in [0.717, 1.165) is 36.8 Å². The summed E-state index contributed by atoms with van der Waals surface area (Å²) in [5, 5.41) is 5.84.